The van der Waals surface area contributed by atoms with Crippen molar-refractivity contribution in [1.29, 1.82) is 0 Å². The Bertz CT molecular complexity index is 1100. The minimum Gasteiger partial charge on any atom is -0.394 e. The summed E-state index contributed by atoms with van der Waals surface area (Å²) in [6.07, 6.45) is 44.7. The molecule has 1 aliphatic rings. The second-order valence-corrected chi connectivity index (χ2v) is 21.8. The zero-order valence-corrected chi connectivity index (χ0v) is 45.8. The Labute approximate surface area is 430 Å². The predicted molar refractivity (Wildman–Crippen MR) is 289 cm³/mol. The van der Waals surface area contributed by atoms with Crippen molar-refractivity contribution in [3.05, 3.63) is 0 Å². The summed E-state index contributed by atoms with van der Waals surface area (Å²) in [5.41, 5.74) is 0. The van der Waals surface area contributed by atoms with Gasteiger partial charge in [-0.25, -0.2) is 0 Å². The third kappa shape index (κ3) is 36.9. The summed E-state index contributed by atoms with van der Waals surface area (Å²) in [4.78, 5) is 13.2. The van der Waals surface area contributed by atoms with Crippen molar-refractivity contribution in [2.75, 3.05) is 13.2 Å². The van der Waals surface area contributed by atoms with E-state index < -0.39 is 74.2 Å². The van der Waals surface area contributed by atoms with Crippen molar-refractivity contribution in [2.45, 2.75) is 358 Å². The number of aliphatic hydroxyl groups is 7. The first-order valence-corrected chi connectivity index (χ1v) is 30.4. The van der Waals surface area contributed by atoms with Crippen LogP contribution < -0.4 is 5.32 Å². The molecule has 1 amide bonds. The Morgan fingerprint density at radius 3 is 1.06 bits per heavy atom. The normalized spacial score (nSPS) is 20.2. The molecule has 1 rings (SSSR count). The molecular formula is C59H117NO10. The fourth-order valence-electron chi connectivity index (χ4n) is 10.2. The van der Waals surface area contributed by atoms with Crippen LogP contribution in [-0.4, -0.2) is 110 Å². The average molecular weight is 1000 g/mol. The first-order valence-electron chi connectivity index (χ1n) is 30.4. The van der Waals surface area contributed by atoms with Crippen LogP contribution in [0.25, 0.3) is 0 Å². The second-order valence-electron chi connectivity index (χ2n) is 21.8. The van der Waals surface area contributed by atoms with Crippen LogP contribution in [0.4, 0.5) is 0 Å². The lowest BCUT2D eigenvalue weighted by atomic mass is 9.98. The molecular weight excluding hydrogens is 883 g/mol. The van der Waals surface area contributed by atoms with E-state index in [1.54, 1.807) is 0 Å². The van der Waals surface area contributed by atoms with Crippen molar-refractivity contribution < 1.29 is 50.0 Å². The highest BCUT2D eigenvalue weighted by Crippen LogP contribution is 2.24. The summed E-state index contributed by atoms with van der Waals surface area (Å²) >= 11 is 0. The van der Waals surface area contributed by atoms with Gasteiger partial charge < -0.3 is 50.5 Å². The molecule has 0 aromatic heterocycles. The van der Waals surface area contributed by atoms with Crippen LogP contribution >= 0.6 is 0 Å². The number of hydrogen-bond donors (Lipinski definition) is 8. The molecule has 1 aliphatic heterocycles. The molecule has 1 fully saturated rings. The SMILES string of the molecule is CCCCCCCCCCCCCCCCCCCCCCCCCCCCCCCCC(O)C(=O)NC(COC1OC(CO)C(O)C(O)C1O)C(O)C(O)CCCCCCCCCCCCCCC. The molecule has 11 heteroatoms. The van der Waals surface area contributed by atoms with Crippen LogP contribution in [0.1, 0.15) is 303 Å². The lowest BCUT2D eigenvalue weighted by molar-refractivity contribution is -0.303. The molecule has 0 aliphatic carbocycles. The smallest absolute Gasteiger partial charge is 0.249 e. The molecule has 11 nitrogen and oxygen atoms in total. The molecule has 1 heterocycles. The van der Waals surface area contributed by atoms with Crippen molar-refractivity contribution in [3.8, 4) is 0 Å². The van der Waals surface area contributed by atoms with Crippen molar-refractivity contribution in [3.63, 3.8) is 0 Å². The maximum atomic E-state index is 13.2. The van der Waals surface area contributed by atoms with Crippen molar-refractivity contribution in [1.82, 2.24) is 5.32 Å². The minimum absolute atomic E-state index is 0.267. The summed E-state index contributed by atoms with van der Waals surface area (Å²) < 4.78 is 11.1. The summed E-state index contributed by atoms with van der Waals surface area (Å²) in [5.74, 6) is -0.690. The number of amides is 1. The number of carbonyl (C=O) groups excluding carboxylic acids is 1. The minimum atomic E-state index is -1.66. The molecule has 8 N–H and O–H groups in total. The van der Waals surface area contributed by atoms with Gasteiger partial charge in [-0.05, 0) is 12.8 Å². The molecule has 0 radical (unpaired) electrons. The van der Waals surface area contributed by atoms with Gasteiger partial charge in [0, 0.05) is 0 Å². The number of nitrogens with one attached hydrogen (secondary N) is 1. The Kier molecular flexibility index (Phi) is 47.0. The van der Waals surface area contributed by atoms with Crippen LogP contribution in [0, 0.1) is 0 Å². The standard InChI is InChI=1S/C59H117NO10/c1-3-5-7-9-11-13-15-17-18-19-20-21-22-23-24-25-26-27-28-29-30-31-32-33-35-37-39-41-43-45-47-52(63)58(68)60-50(49-69-59-57(67)56(66)55(65)53(48-61)70-59)54(64)51(62)46-44-42-40-38-36-34-16-14-12-10-8-6-4-2/h50-57,59,61-67H,3-49H2,1-2H3,(H,60,68). The Morgan fingerprint density at radius 2 is 0.743 bits per heavy atom. The average Bonchev–Trinajstić information content (AvgIpc) is 3.36. The molecule has 0 aromatic rings. The molecule has 418 valence electrons. The molecule has 0 spiro atoms. The number of carbonyl (C=O) groups is 1. The Morgan fingerprint density at radius 1 is 0.443 bits per heavy atom. The maximum absolute atomic E-state index is 13.2. The molecule has 0 bridgehead atoms. The molecule has 9 unspecified atom stereocenters. The highest BCUT2D eigenvalue weighted by Gasteiger charge is 2.44. The molecule has 9 atom stereocenters. The Hall–Kier alpha value is -0.890. The predicted octanol–water partition coefficient (Wildman–Crippen LogP) is 13.0. The van der Waals surface area contributed by atoms with E-state index in [1.807, 2.05) is 0 Å². The van der Waals surface area contributed by atoms with Gasteiger partial charge >= 0.3 is 0 Å². The van der Waals surface area contributed by atoms with Gasteiger partial charge in [-0.1, -0.05) is 290 Å². The number of rotatable bonds is 53. The first-order chi connectivity index (χ1) is 34.2. The zero-order chi connectivity index (χ0) is 51.1. The maximum Gasteiger partial charge on any atom is 0.249 e. The summed E-state index contributed by atoms with van der Waals surface area (Å²) in [6.45, 7) is 3.49. The van der Waals surface area contributed by atoms with Crippen LogP contribution in [0.3, 0.4) is 0 Å². The van der Waals surface area contributed by atoms with Crippen LogP contribution in [-0.2, 0) is 14.3 Å². The van der Waals surface area contributed by atoms with Crippen LogP contribution in [0.5, 0.6) is 0 Å². The molecule has 70 heavy (non-hydrogen) atoms. The van der Waals surface area contributed by atoms with Crippen molar-refractivity contribution >= 4 is 5.91 Å². The van der Waals surface area contributed by atoms with Crippen LogP contribution in [0.15, 0.2) is 0 Å². The van der Waals surface area contributed by atoms with Gasteiger partial charge in [-0.2, -0.15) is 0 Å². The van der Waals surface area contributed by atoms with E-state index in [0.717, 1.165) is 38.5 Å². The van der Waals surface area contributed by atoms with E-state index in [9.17, 15) is 40.5 Å². The monoisotopic (exact) mass is 1000 g/mol. The number of ether oxygens (including phenoxy) is 2. The van der Waals surface area contributed by atoms with Gasteiger partial charge in [0.2, 0.25) is 5.91 Å². The fourth-order valence-corrected chi connectivity index (χ4v) is 10.2. The highest BCUT2D eigenvalue weighted by atomic mass is 16.7. The van der Waals surface area contributed by atoms with E-state index in [1.165, 1.54) is 225 Å². The Balaban J connectivity index is 2.18. The summed E-state index contributed by atoms with van der Waals surface area (Å²) in [5, 5.41) is 76.1. The largest absolute Gasteiger partial charge is 0.394 e. The molecule has 1 saturated heterocycles. The van der Waals surface area contributed by atoms with Gasteiger partial charge in [-0.15, -0.1) is 0 Å². The van der Waals surface area contributed by atoms with Gasteiger partial charge in [0.15, 0.2) is 6.29 Å². The van der Waals surface area contributed by atoms with Gasteiger partial charge in [0.1, 0.15) is 36.6 Å². The van der Waals surface area contributed by atoms with Crippen molar-refractivity contribution in [2.24, 2.45) is 0 Å². The van der Waals surface area contributed by atoms with Gasteiger partial charge in [0.05, 0.1) is 25.4 Å². The van der Waals surface area contributed by atoms with E-state index in [-0.39, 0.29) is 6.42 Å². The zero-order valence-electron chi connectivity index (χ0n) is 45.8. The first kappa shape index (κ1) is 67.1. The number of unbranched alkanes of at least 4 members (excludes halogenated alkanes) is 41. The van der Waals surface area contributed by atoms with E-state index in [0.29, 0.717) is 19.3 Å². The van der Waals surface area contributed by atoms with E-state index in [2.05, 4.69) is 19.2 Å². The highest BCUT2D eigenvalue weighted by molar-refractivity contribution is 5.80. The van der Waals surface area contributed by atoms with Gasteiger partial charge in [-0.3, -0.25) is 4.79 Å². The number of aliphatic hydroxyl groups excluding tert-OH is 7. The lowest BCUT2D eigenvalue weighted by Crippen LogP contribution is -2.60. The third-order valence-corrected chi connectivity index (χ3v) is 15.2. The quantitative estimate of drug-likeness (QED) is 0.0272. The van der Waals surface area contributed by atoms with E-state index >= 15 is 0 Å². The topological polar surface area (TPSA) is 189 Å². The third-order valence-electron chi connectivity index (χ3n) is 15.2. The fraction of sp³-hybridized carbons (Fsp3) is 0.983. The van der Waals surface area contributed by atoms with Crippen LogP contribution in [0.2, 0.25) is 0 Å². The molecule has 0 saturated carbocycles. The second kappa shape index (κ2) is 49.0. The van der Waals surface area contributed by atoms with Gasteiger partial charge in [0.25, 0.3) is 0 Å². The molecule has 0 aromatic carbocycles. The summed E-state index contributed by atoms with van der Waals surface area (Å²) in [7, 11) is 0. The number of hydrogen-bond acceptors (Lipinski definition) is 10. The lowest BCUT2D eigenvalue weighted by Gasteiger charge is -2.40. The van der Waals surface area contributed by atoms with E-state index in [4.69, 9.17) is 9.47 Å². The summed E-state index contributed by atoms with van der Waals surface area (Å²) in [6, 6.07) is -1.16.